The Bertz CT molecular complexity index is 352. The molecule has 0 aromatic heterocycles. The maximum atomic E-state index is 10.2. The first-order valence-corrected chi connectivity index (χ1v) is 5.60. The van der Waals surface area contributed by atoms with Gasteiger partial charge in [-0.25, -0.2) is 0 Å². The summed E-state index contributed by atoms with van der Waals surface area (Å²) in [5.74, 6) is 0.907. The minimum atomic E-state index is -0.448. The van der Waals surface area contributed by atoms with Gasteiger partial charge in [0.05, 0.1) is 13.2 Å². The number of hydrogen-bond donors (Lipinski definition) is 1. The van der Waals surface area contributed by atoms with E-state index in [1.54, 1.807) is 7.11 Å². The van der Waals surface area contributed by atoms with Crippen LogP contribution in [0.2, 0.25) is 0 Å². The van der Waals surface area contributed by atoms with Crippen LogP contribution in [0.25, 0.3) is 0 Å². The molecule has 16 heavy (non-hydrogen) atoms. The zero-order valence-electron chi connectivity index (χ0n) is 11.1. The number of hydrogen-bond acceptors (Lipinski definition) is 2. The normalized spacial score (nSPS) is 13.7. The summed E-state index contributed by atoms with van der Waals surface area (Å²) in [5, 5.41) is 10.2. The largest absolute Gasteiger partial charge is 0.496 e. The van der Waals surface area contributed by atoms with Gasteiger partial charge in [-0.2, -0.15) is 0 Å². The summed E-state index contributed by atoms with van der Waals surface area (Å²) in [6, 6.07) is 4.00. The second kappa shape index (κ2) is 4.46. The van der Waals surface area contributed by atoms with Crippen LogP contribution in [0.5, 0.6) is 5.75 Å². The summed E-state index contributed by atoms with van der Waals surface area (Å²) in [4.78, 5) is 0. The second-order valence-electron chi connectivity index (χ2n) is 5.46. The average molecular weight is 222 g/mol. The van der Waals surface area contributed by atoms with Crippen LogP contribution in [0.3, 0.4) is 0 Å². The molecule has 0 saturated carbocycles. The molecule has 90 valence electrons. The van der Waals surface area contributed by atoms with E-state index in [1.165, 1.54) is 0 Å². The quantitative estimate of drug-likeness (QED) is 0.831. The molecule has 0 heterocycles. The van der Waals surface area contributed by atoms with Crippen molar-refractivity contribution in [1.82, 2.24) is 0 Å². The molecule has 1 N–H and O–H groups in total. The fourth-order valence-corrected chi connectivity index (χ4v) is 1.96. The Labute approximate surface area is 98.3 Å². The molecule has 2 nitrogen and oxygen atoms in total. The third-order valence-corrected chi connectivity index (χ3v) is 2.82. The third-order valence-electron chi connectivity index (χ3n) is 2.82. The molecule has 0 bridgehead atoms. The Hall–Kier alpha value is -1.02. The van der Waals surface area contributed by atoms with Crippen molar-refractivity contribution in [2.24, 2.45) is 5.41 Å². The minimum Gasteiger partial charge on any atom is -0.496 e. The van der Waals surface area contributed by atoms with E-state index in [0.717, 1.165) is 22.4 Å². The van der Waals surface area contributed by atoms with Gasteiger partial charge in [-0.15, -0.1) is 0 Å². The number of benzene rings is 1. The lowest BCUT2D eigenvalue weighted by Crippen LogP contribution is -2.18. The van der Waals surface area contributed by atoms with E-state index in [1.807, 2.05) is 46.8 Å². The maximum absolute atomic E-state index is 10.2. The molecule has 2 heteroatoms. The first-order chi connectivity index (χ1) is 7.27. The van der Waals surface area contributed by atoms with Gasteiger partial charge in [0.1, 0.15) is 5.75 Å². The van der Waals surface area contributed by atoms with E-state index in [-0.39, 0.29) is 5.41 Å². The molecular weight excluding hydrogens is 200 g/mol. The molecule has 0 radical (unpaired) electrons. The van der Waals surface area contributed by atoms with Gasteiger partial charge in [0.2, 0.25) is 0 Å². The van der Waals surface area contributed by atoms with Gasteiger partial charge in [-0.05, 0) is 48.1 Å². The van der Waals surface area contributed by atoms with Crippen LogP contribution >= 0.6 is 0 Å². The fourth-order valence-electron chi connectivity index (χ4n) is 1.96. The molecule has 0 aliphatic carbocycles. The van der Waals surface area contributed by atoms with Crippen LogP contribution in [-0.2, 0) is 0 Å². The standard InChI is InChI=1S/C14H22O2/c1-9-7-11(13(15)14(3,4)5)8-10(2)12(9)16-6/h7-8,13,15H,1-6H3. The van der Waals surface area contributed by atoms with Gasteiger partial charge in [0.25, 0.3) is 0 Å². The van der Waals surface area contributed by atoms with Crippen LogP contribution < -0.4 is 4.74 Å². The van der Waals surface area contributed by atoms with Crippen molar-refractivity contribution < 1.29 is 9.84 Å². The molecule has 0 amide bonds. The Morgan fingerprint density at radius 2 is 1.56 bits per heavy atom. The van der Waals surface area contributed by atoms with Gasteiger partial charge in [-0.3, -0.25) is 0 Å². The Kier molecular flexibility index (Phi) is 3.64. The lowest BCUT2D eigenvalue weighted by molar-refractivity contribution is 0.0625. The number of aliphatic hydroxyl groups excluding tert-OH is 1. The van der Waals surface area contributed by atoms with Crippen LogP contribution in [0.15, 0.2) is 12.1 Å². The van der Waals surface area contributed by atoms with Crippen molar-refractivity contribution in [3.8, 4) is 5.75 Å². The summed E-state index contributed by atoms with van der Waals surface area (Å²) < 4.78 is 5.31. The molecule has 1 aromatic rings. The van der Waals surface area contributed by atoms with Gasteiger partial charge in [-0.1, -0.05) is 20.8 Å². The summed E-state index contributed by atoms with van der Waals surface area (Å²) in [6.45, 7) is 10.1. The summed E-state index contributed by atoms with van der Waals surface area (Å²) >= 11 is 0. The van der Waals surface area contributed by atoms with Crippen LogP contribution in [0.1, 0.15) is 43.6 Å². The lowest BCUT2D eigenvalue weighted by atomic mass is 9.84. The summed E-state index contributed by atoms with van der Waals surface area (Å²) in [6.07, 6.45) is -0.448. The Morgan fingerprint density at radius 3 is 1.88 bits per heavy atom. The highest BCUT2D eigenvalue weighted by Gasteiger charge is 2.24. The molecule has 0 spiro atoms. The molecular formula is C14H22O2. The van der Waals surface area contributed by atoms with Crippen LogP contribution in [0.4, 0.5) is 0 Å². The number of rotatable bonds is 2. The zero-order valence-corrected chi connectivity index (χ0v) is 11.1. The minimum absolute atomic E-state index is 0.145. The van der Waals surface area contributed by atoms with Gasteiger partial charge < -0.3 is 9.84 Å². The molecule has 1 aromatic carbocycles. The molecule has 0 aliphatic heterocycles. The van der Waals surface area contributed by atoms with Crippen molar-refractivity contribution in [3.05, 3.63) is 28.8 Å². The zero-order chi connectivity index (χ0) is 12.5. The van der Waals surface area contributed by atoms with Gasteiger partial charge >= 0.3 is 0 Å². The monoisotopic (exact) mass is 222 g/mol. The van der Waals surface area contributed by atoms with Crippen LogP contribution in [0, 0.1) is 19.3 Å². The van der Waals surface area contributed by atoms with Gasteiger partial charge in [0, 0.05) is 0 Å². The van der Waals surface area contributed by atoms with Crippen molar-refractivity contribution in [2.45, 2.75) is 40.7 Å². The van der Waals surface area contributed by atoms with Gasteiger partial charge in [0.15, 0.2) is 0 Å². The molecule has 1 rings (SSSR count). The number of aliphatic hydroxyl groups is 1. The predicted molar refractivity (Wildman–Crippen MR) is 66.9 cm³/mol. The highest BCUT2D eigenvalue weighted by Crippen LogP contribution is 2.35. The number of ether oxygens (including phenoxy) is 1. The second-order valence-corrected chi connectivity index (χ2v) is 5.46. The van der Waals surface area contributed by atoms with Crippen molar-refractivity contribution in [1.29, 1.82) is 0 Å². The highest BCUT2D eigenvalue weighted by atomic mass is 16.5. The van der Waals surface area contributed by atoms with Crippen molar-refractivity contribution in [2.75, 3.05) is 7.11 Å². The lowest BCUT2D eigenvalue weighted by Gasteiger charge is -2.27. The average Bonchev–Trinajstić information content (AvgIpc) is 2.14. The molecule has 1 unspecified atom stereocenters. The highest BCUT2D eigenvalue weighted by molar-refractivity contribution is 5.44. The van der Waals surface area contributed by atoms with E-state index < -0.39 is 6.10 Å². The fraction of sp³-hybridized carbons (Fsp3) is 0.571. The Balaban J connectivity index is 3.19. The molecule has 1 atom stereocenters. The topological polar surface area (TPSA) is 29.5 Å². The number of methoxy groups -OCH3 is 1. The third kappa shape index (κ3) is 2.56. The summed E-state index contributed by atoms with van der Waals surface area (Å²) in [5.41, 5.74) is 2.96. The van der Waals surface area contributed by atoms with Crippen LogP contribution in [-0.4, -0.2) is 12.2 Å². The smallest absolute Gasteiger partial charge is 0.124 e. The molecule has 0 fully saturated rings. The van der Waals surface area contributed by atoms with E-state index >= 15 is 0 Å². The van der Waals surface area contributed by atoms with E-state index in [2.05, 4.69) is 0 Å². The van der Waals surface area contributed by atoms with E-state index in [4.69, 9.17) is 4.74 Å². The van der Waals surface area contributed by atoms with Crippen molar-refractivity contribution >= 4 is 0 Å². The van der Waals surface area contributed by atoms with E-state index in [0.29, 0.717) is 0 Å². The molecule has 0 saturated heterocycles. The van der Waals surface area contributed by atoms with E-state index in [9.17, 15) is 5.11 Å². The maximum Gasteiger partial charge on any atom is 0.124 e. The van der Waals surface area contributed by atoms with Crippen molar-refractivity contribution in [3.63, 3.8) is 0 Å². The number of aryl methyl sites for hydroxylation is 2. The first kappa shape index (κ1) is 13.0. The SMILES string of the molecule is COc1c(C)cc(C(O)C(C)(C)C)cc1C. The first-order valence-electron chi connectivity index (χ1n) is 5.60. The molecule has 0 aliphatic rings. The predicted octanol–water partition coefficient (Wildman–Crippen LogP) is 3.39. The summed E-state index contributed by atoms with van der Waals surface area (Å²) in [7, 11) is 1.68. The Morgan fingerprint density at radius 1 is 1.12 bits per heavy atom.